The van der Waals surface area contributed by atoms with Gasteiger partial charge in [0.1, 0.15) is 22.3 Å². The molecule has 16 rings (SSSR count). The van der Waals surface area contributed by atoms with Crippen LogP contribution in [0.5, 0.6) is 0 Å². The summed E-state index contributed by atoms with van der Waals surface area (Å²) >= 11 is 0. The van der Waals surface area contributed by atoms with Crippen LogP contribution in [0.25, 0.3) is 164 Å². The molecule has 2 aromatic heterocycles. The topological polar surface area (TPSA) is 26.3 Å². The van der Waals surface area contributed by atoms with Crippen LogP contribution in [-0.4, -0.2) is 0 Å². The minimum atomic E-state index is 0.852. The number of fused-ring (bicyclic) bond motifs is 14. The Bertz CT molecular complexity index is 4880. The van der Waals surface area contributed by atoms with Crippen molar-refractivity contribution in [2.45, 2.75) is 0 Å². The molecule has 0 amide bonds. The smallest absolute Gasteiger partial charge is 0.143 e. The van der Waals surface area contributed by atoms with Crippen LogP contribution in [-0.2, 0) is 0 Å². The summed E-state index contributed by atoms with van der Waals surface area (Å²) in [6.45, 7) is 0. The summed E-state index contributed by atoms with van der Waals surface area (Å²) in [6.07, 6.45) is 0. The van der Waals surface area contributed by atoms with Crippen molar-refractivity contribution in [2.24, 2.45) is 0 Å². The lowest BCUT2D eigenvalue weighted by Crippen LogP contribution is -1.94. The fraction of sp³-hybridized carbons (Fsp3) is 0. The van der Waals surface area contributed by atoms with Gasteiger partial charge in [-0.3, -0.25) is 0 Å². The predicted molar refractivity (Wildman–Crippen MR) is 313 cm³/mol. The average Bonchev–Trinajstić information content (AvgIpc) is 4.07. The Morgan fingerprint density at radius 2 is 0.514 bits per heavy atom. The third-order valence-electron chi connectivity index (χ3n) is 15.8. The maximum absolute atomic E-state index is 7.26. The minimum Gasteiger partial charge on any atom is -0.455 e. The average molecular weight is 939 g/mol. The van der Waals surface area contributed by atoms with Gasteiger partial charge >= 0.3 is 0 Å². The van der Waals surface area contributed by atoms with Crippen molar-refractivity contribution in [3.8, 4) is 55.6 Å². The third-order valence-corrected chi connectivity index (χ3v) is 15.8. The van der Waals surface area contributed by atoms with Crippen LogP contribution in [0.4, 0.5) is 0 Å². The Morgan fingerprint density at radius 1 is 0.203 bits per heavy atom. The number of rotatable bonds is 5. The van der Waals surface area contributed by atoms with Crippen LogP contribution >= 0.6 is 0 Å². The second-order valence-electron chi connectivity index (χ2n) is 19.7. The molecular weight excluding hydrogens is 897 g/mol. The van der Waals surface area contributed by atoms with E-state index in [0.29, 0.717) is 0 Å². The lowest BCUT2D eigenvalue weighted by molar-refractivity contribution is 0.670. The molecule has 0 unspecified atom stereocenters. The van der Waals surface area contributed by atoms with Crippen LogP contribution in [0.1, 0.15) is 0 Å². The van der Waals surface area contributed by atoms with E-state index in [-0.39, 0.29) is 0 Å². The molecule has 0 saturated heterocycles. The molecule has 2 nitrogen and oxygen atoms in total. The van der Waals surface area contributed by atoms with Crippen molar-refractivity contribution < 1.29 is 8.83 Å². The molecule has 0 bridgehead atoms. The van der Waals surface area contributed by atoms with Crippen molar-refractivity contribution in [3.05, 3.63) is 255 Å². The zero-order valence-corrected chi connectivity index (χ0v) is 40.1. The van der Waals surface area contributed by atoms with Crippen LogP contribution in [0.15, 0.2) is 264 Å². The highest BCUT2D eigenvalue weighted by Gasteiger charge is 2.28. The van der Waals surface area contributed by atoms with E-state index in [0.717, 1.165) is 76.9 Å². The largest absolute Gasteiger partial charge is 0.455 e. The van der Waals surface area contributed by atoms with E-state index in [1.807, 2.05) is 0 Å². The lowest BCUT2D eigenvalue weighted by atomic mass is 9.82. The highest BCUT2D eigenvalue weighted by molar-refractivity contribution is 6.37. The molecule has 342 valence electrons. The van der Waals surface area contributed by atoms with Gasteiger partial charge in [0.2, 0.25) is 0 Å². The first-order valence-electron chi connectivity index (χ1n) is 25.5. The molecule has 0 spiro atoms. The maximum Gasteiger partial charge on any atom is 0.143 e. The fourth-order valence-electron chi connectivity index (χ4n) is 12.8. The summed E-state index contributed by atoms with van der Waals surface area (Å²) in [5, 5.41) is 18.5. The quantitative estimate of drug-likeness (QED) is 0.161. The number of benzene rings is 14. The highest BCUT2D eigenvalue weighted by Crippen LogP contribution is 2.54. The van der Waals surface area contributed by atoms with Gasteiger partial charge in [-0.2, -0.15) is 0 Å². The van der Waals surface area contributed by atoms with E-state index in [1.54, 1.807) is 0 Å². The zero-order valence-electron chi connectivity index (χ0n) is 40.1. The monoisotopic (exact) mass is 938 g/mol. The Balaban J connectivity index is 1.06. The molecule has 0 aliphatic rings. The van der Waals surface area contributed by atoms with Gasteiger partial charge in [0.05, 0.1) is 0 Å². The van der Waals surface area contributed by atoms with Crippen LogP contribution in [0, 0.1) is 0 Å². The summed E-state index contributed by atoms with van der Waals surface area (Å²) in [5.74, 6) is 0. The molecule has 0 fully saturated rings. The Labute approximate surface area is 425 Å². The predicted octanol–water partition coefficient (Wildman–Crippen LogP) is 20.7. The molecule has 0 radical (unpaired) electrons. The summed E-state index contributed by atoms with van der Waals surface area (Å²) < 4.78 is 14.5. The SMILES string of the molecule is c1ccc(-c2ccc(-c3c4ccccc4c(-c4cc5cc(-c6c7ccccc7c(-c7ccccc7)c7ccccc67)c6oc7ccccc7c6c5c5c4oc4ccccc45)c4ccccc34)c3ccccc23)cc1. The molecule has 0 saturated carbocycles. The molecule has 2 heteroatoms. The molecule has 0 N–H and O–H groups in total. The molecule has 16 aromatic rings. The van der Waals surface area contributed by atoms with E-state index in [9.17, 15) is 0 Å². The second kappa shape index (κ2) is 15.9. The summed E-state index contributed by atoms with van der Waals surface area (Å²) in [6, 6.07) is 92.8. The van der Waals surface area contributed by atoms with Gasteiger partial charge in [-0.15, -0.1) is 0 Å². The minimum absolute atomic E-state index is 0.852. The van der Waals surface area contributed by atoms with Gasteiger partial charge in [0.25, 0.3) is 0 Å². The first-order valence-corrected chi connectivity index (χ1v) is 25.5. The molecule has 0 aliphatic heterocycles. The maximum atomic E-state index is 7.26. The van der Waals surface area contributed by atoms with Crippen molar-refractivity contribution in [1.82, 2.24) is 0 Å². The normalized spacial score (nSPS) is 12.1. The number of furan rings is 2. The van der Waals surface area contributed by atoms with E-state index in [4.69, 9.17) is 8.83 Å². The lowest BCUT2D eigenvalue weighted by Gasteiger charge is -2.20. The molecular formula is C72H42O2. The van der Waals surface area contributed by atoms with Gasteiger partial charge in [-0.05, 0) is 117 Å². The van der Waals surface area contributed by atoms with Gasteiger partial charge in [0, 0.05) is 49.2 Å². The molecule has 0 aliphatic carbocycles. The molecule has 14 aromatic carbocycles. The van der Waals surface area contributed by atoms with Crippen LogP contribution < -0.4 is 0 Å². The first-order chi connectivity index (χ1) is 36.8. The van der Waals surface area contributed by atoms with Gasteiger partial charge in [0.15, 0.2) is 0 Å². The summed E-state index contributed by atoms with van der Waals surface area (Å²) in [4.78, 5) is 0. The Hall–Kier alpha value is -9.76. The van der Waals surface area contributed by atoms with Crippen molar-refractivity contribution in [1.29, 1.82) is 0 Å². The third kappa shape index (κ3) is 5.82. The zero-order chi connectivity index (χ0) is 48.4. The summed E-state index contributed by atoms with van der Waals surface area (Å²) in [7, 11) is 0. The van der Waals surface area contributed by atoms with Crippen molar-refractivity contribution >= 4 is 109 Å². The van der Waals surface area contributed by atoms with E-state index in [2.05, 4.69) is 255 Å². The Morgan fingerprint density at radius 3 is 0.946 bits per heavy atom. The van der Waals surface area contributed by atoms with E-state index >= 15 is 0 Å². The molecule has 74 heavy (non-hydrogen) atoms. The molecule has 0 atom stereocenters. The fourth-order valence-corrected chi connectivity index (χ4v) is 12.8. The van der Waals surface area contributed by atoms with Crippen molar-refractivity contribution in [3.63, 3.8) is 0 Å². The highest BCUT2D eigenvalue weighted by atomic mass is 16.3. The van der Waals surface area contributed by atoms with Gasteiger partial charge in [-0.1, -0.05) is 231 Å². The van der Waals surface area contributed by atoms with E-state index in [1.165, 1.54) is 87.2 Å². The molecule has 2 heterocycles. The van der Waals surface area contributed by atoms with Gasteiger partial charge in [-0.25, -0.2) is 0 Å². The van der Waals surface area contributed by atoms with Crippen LogP contribution in [0.2, 0.25) is 0 Å². The number of para-hydroxylation sites is 2. The number of hydrogen-bond acceptors (Lipinski definition) is 2. The van der Waals surface area contributed by atoms with E-state index < -0.39 is 0 Å². The standard InChI is InChI=1S/C72H42O2/c1-3-21-43(22-4-1)46-39-40-57(48-26-8-7-25-47(46)48)66-53-31-13-15-33-55(53)68(56-34-16-14-32-54(56)66)61-42-45-41-60(67-51-29-11-9-27-49(51)64(44-23-5-2-6-24-44)50-28-10-12-30-52(50)67)71-69(58-35-17-19-37-62(58)73-71)65(45)70-59-36-18-20-38-63(59)74-72(61)70/h1-42H. The van der Waals surface area contributed by atoms with Gasteiger partial charge < -0.3 is 8.83 Å². The van der Waals surface area contributed by atoms with Crippen LogP contribution in [0.3, 0.4) is 0 Å². The summed E-state index contributed by atoms with van der Waals surface area (Å²) in [5.41, 5.74) is 15.2. The first kappa shape index (κ1) is 40.9. The van der Waals surface area contributed by atoms with Crippen molar-refractivity contribution in [2.75, 3.05) is 0 Å². The Kier molecular flexibility index (Phi) is 8.78. The second-order valence-corrected chi connectivity index (χ2v) is 19.7. The number of hydrogen-bond donors (Lipinski definition) is 0.